The highest BCUT2D eigenvalue weighted by Crippen LogP contribution is 2.46. The molecule has 1 unspecified atom stereocenters. The number of aliphatic imine (C=N–C) groups is 1. The number of nitrogens with zero attached hydrogens (tertiary/aromatic N) is 5. The molecule has 1 aliphatic carbocycles. The molecule has 5 rings (SSSR count). The van der Waals surface area contributed by atoms with Gasteiger partial charge in [-0.3, -0.25) is 14.7 Å². The molecule has 2 N–H and O–H groups in total. The van der Waals surface area contributed by atoms with Crippen LogP contribution in [0.15, 0.2) is 23.5 Å². The first-order chi connectivity index (χ1) is 17.5. The van der Waals surface area contributed by atoms with Crippen LogP contribution in [-0.2, 0) is 14.3 Å². The summed E-state index contributed by atoms with van der Waals surface area (Å²) in [7, 11) is 2.22. The van der Waals surface area contributed by atoms with Crippen molar-refractivity contribution in [2.24, 2.45) is 16.1 Å². The fourth-order valence-electron chi connectivity index (χ4n) is 6.02. The predicted molar refractivity (Wildman–Crippen MR) is 138 cm³/mol. The summed E-state index contributed by atoms with van der Waals surface area (Å²) in [5.74, 6) is 0.871. The van der Waals surface area contributed by atoms with Crippen molar-refractivity contribution in [2.45, 2.75) is 38.6 Å². The van der Waals surface area contributed by atoms with Crippen LogP contribution in [-0.4, -0.2) is 99.3 Å². The molecule has 4 heterocycles. The van der Waals surface area contributed by atoms with Crippen LogP contribution in [0.5, 0.6) is 0 Å². The molecule has 36 heavy (non-hydrogen) atoms. The van der Waals surface area contributed by atoms with Crippen molar-refractivity contribution >= 4 is 23.8 Å². The smallest absolute Gasteiger partial charge is 0.293 e. The fraction of sp³-hybridized carbons (Fsp3) is 0.654. The minimum Gasteiger partial charge on any atom is -0.477 e. The molecule has 10 heteroatoms. The Hall–Kier alpha value is -2.72. The summed E-state index contributed by atoms with van der Waals surface area (Å²) in [5, 5.41) is 0. The Kier molecular flexibility index (Phi) is 8.79. The SMILES string of the molecule is CCOC=O.CN1CC2(CCC(N3CCN(c4ncc(F)cc4/C(=C/N)C4=NCCCO4)CC3)C2)C1. The van der Waals surface area contributed by atoms with E-state index in [1.54, 1.807) is 6.92 Å². The molecule has 0 bridgehead atoms. The Labute approximate surface area is 213 Å². The molecule has 2 saturated heterocycles. The van der Waals surface area contributed by atoms with Crippen molar-refractivity contribution in [2.75, 3.05) is 71.0 Å². The number of pyridine rings is 1. The van der Waals surface area contributed by atoms with Gasteiger partial charge in [0.15, 0.2) is 0 Å². The number of aromatic nitrogens is 1. The maximum Gasteiger partial charge on any atom is 0.293 e. The van der Waals surface area contributed by atoms with Gasteiger partial charge in [0.1, 0.15) is 11.6 Å². The molecule has 9 nitrogen and oxygen atoms in total. The van der Waals surface area contributed by atoms with Gasteiger partial charge in [-0.05, 0) is 44.7 Å². The standard InChI is InChI=1S/C23H33FN6O.C3H6O2/c1-28-15-23(16-28)4-3-18(12-23)29-6-8-30(9-7-29)21-19(11-17(24)14-27-21)20(13-25)22-26-5-2-10-31-22;1-2-5-3-4/h11,13-14,18H,2-10,12,15-16,25H2,1H3;3H,2H2,1H3/b20-13-;. The van der Waals surface area contributed by atoms with Gasteiger partial charge >= 0.3 is 0 Å². The monoisotopic (exact) mass is 502 g/mol. The zero-order valence-electron chi connectivity index (χ0n) is 21.5. The highest BCUT2D eigenvalue weighted by atomic mass is 19.1. The molecule has 1 spiro atoms. The van der Waals surface area contributed by atoms with Gasteiger partial charge < -0.3 is 25.0 Å². The van der Waals surface area contributed by atoms with E-state index in [2.05, 4.69) is 36.5 Å². The number of likely N-dealkylation sites (tertiary alicyclic amines) is 1. The predicted octanol–water partition coefficient (Wildman–Crippen LogP) is 2.12. The Bertz CT molecular complexity index is 957. The van der Waals surface area contributed by atoms with E-state index in [4.69, 9.17) is 10.5 Å². The number of rotatable bonds is 6. The molecule has 1 atom stereocenters. The highest BCUT2D eigenvalue weighted by molar-refractivity contribution is 6.20. The van der Waals surface area contributed by atoms with Gasteiger partial charge in [0, 0.05) is 70.0 Å². The number of hydrogen-bond acceptors (Lipinski definition) is 9. The second kappa shape index (κ2) is 12.0. The summed E-state index contributed by atoms with van der Waals surface area (Å²) in [6.07, 6.45) is 7.64. The summed E-state index contributed by atoms with van der Waals surface area (Å²) in [6, 6.07) is 2.20. The molecule has 0 amide bonds. The van der Waals surface area contributed by atoms with Gasteiger partial charge in [0.2, 0.25) is 5.90 Å². The second-order valence-corrected chi connectivity index (χ2v) is 10.1. The highest BCUT2D eigenvalue weighted by Gasteiger charge is 2.48. The largest absolute Gasteiger partial charge is 0.477 e. The molecule has 4 aliphatic rings. The number of anilines is 1. The summed E-state index contributed by atoms with van der Waals surface area (Å²) < 4.78 is 24.0. The van der Waals surface area contributed by atoms with Crippen LogP contribution in [0.1, 0.15) is 38.2 Å². The van der Waals surface area contributed by atoms with Crippen molar-refractivity contribution in [1.82, 2.24) is 14.8 Å². The number of carbonyl (C=O) groups is 1. The average molecular weight is 503 g/mol. The number of hydrogen-bond donors (Lipinski definition) is 1. The Morgan fingerprint density at radius 1 is 1.33 bits per heavy atom. The van der Waals surface area contributed by atoms with E-state index >= 15 is 0 Å². The quantitative estimate of drug-likeness (QED) is 0.591. The van der Waals surface area contributed by atoms with Crippen molar-refractivity contribution in [3.05, 3.63) is 29.8 Å². The first-order valence-corrected chi connectivity index (χ1v) is 13.0. The van der Waals surface area contributed by atoms with Crippen molar-refractivity contribution in [1.29, 1.82) is 0 Å². The molecule has 1 saturated carbocycles. The van der Waals surface area contributed by atoms with Crippen LogP contribution in [0.4, 0.5) is 10.2 Å². The van der Waals surface area contributed by atoms with Crippen molar-refractivity contribution in [3.63, 3.8) is 0 Å². The van der Waals surface area contributed by atoms with Crippen molar-refractivity contribution < 1.29 is 18.7 Å². The number of piperazine rings is 1. The second-order valence-electron chi connectivity index (χ2n) is 10.1. The van der Waals surface area contributed by atoms with Crippen LogP contribution < -0.4 is 10.6 Å². The lowest BCUT2D eigenvalue weighted by Crippen LogP contribution is -2.54. The Morgan fingerprint density at radius 3 is 2.69 bits per heavy atom. The number of ether oxygens (including phenoxy) is 2. The van der Waals surface area contributed by atoms with E-state index in [0.29, 0.717) is 54.7 Å². The molecular formula is C26H39FN6O3. The molecule has 3 aliphatic heterocycles. The van der Waals surface area contributed by atoms with Crippen LogP contribution in [0.25, 0.3) is 5.57 Å². The van der Waals surface area contributed by atoms with Gasteiger partial charge in [-0.2, -0.15) is 0 Å². The normalized spacial score (nSPS) is 24.3. The molecular weight excluding hydrogens is 463 g/mol. The minimum atomic E-state index is -0.380. The van der Waals surface area contributed by atoms with Crippen LogP contribution in [0, 0.1) is 11.2 Å². The van der Waals surface area contributed by atoms with Gasteiger partial charge in [-0.1, -0.05) is 0 Å². The van der Waals surface area contributed by atoms with Gasteiger partial charge in [-0.15, -0.1) is 0 Å². The molecule has 1 aromatic rings. The Morgan fingerprint density at radius 2 is 2.11 bits per heavy atom. The maximum atomic E-state index is 14.1. The molecule has 3 fully saturated rings. The molecule has 0 radical (unpaired) electrons. The van der Waals surface area contributed by atoms with Gasteiger partial charge in [-0.25, -0.2) is 9.37 Å². The van der Waals surface area contributed by atoms with Gasteiger partial charge in [0.25, 0.3) is 6.47 Å². The summed E-state index contributed by atoms with van der Waals surface area (Å²) in [4.78, 5) is 25.4. The lowest BCUT2D eigenvalue weighted by atomic mass is 9.78. The lowest BCUT2D eigenvalue weighted by molar-refractivity contribution is -0.128. The molecule has 198 valence electrons. The zero-order valence-corrected chi connectivity index (χ0v) is 21.5. The van der Waals surface area contributed by atoms with Crippen LogP contribution in [0.3, 0.4) is 0 Å². The minimum absolute atomic E-state index is 0.380. The van der Waals surface area contributed by atoms with E-state index in [-0.39, 0.29) is 5.82 Å². The summed E-state index contributed by atoms with van der Waals surface area (Å²) in [6.45, 7) is 10.2. The number of carbonyl (C=O) groups excluding carboxylic acids is 1. The first kappa shape index (κ1) is 26.3. The van der Waals surface area contributed by atoms with E-state index in [9.17, 15) is 9.18 Å². The van der Waals surface area contributed by atoms with E-state index < -0.39 is 0 Å². The van der Waals surface area contributed by atoms with Crippen LogP contribution in [0.2, 0.25) is 0 Å². The van der Waals surface area contributed by atoms with E-state index in [0.717, 1.165) is 38.4 Å². The van der Waals surface area contributed by atoms with Gasteiger partial charge in [0.05, 0.1) is 25.0 Å². The molecule has 1 aromatic heterocycles. The molecule has 0 aromatic carbocycles. The third-order valence-electron chi connectivity index (χ3n) is 7.57. The topological polar surface area (TPSA) is 96.5 Å². The summed E-state index contributed by atoms with van der Waals surface area (Å²) in [5.41, 5.74) is 7.79. The lowest BCUT2D eigenvalue weighted by Gasteiger charge is -2.47. The zero-order chi connectivity index (χ0) is 25.5. The average Bonchev–Trinajstić information content (AvgIpc) is 3.32. The van der Waals surface area contributed by atoms with E-state index in [1.165, 1.54) is 50.8 Å². The van der Waals surface area contributed by atoms with E-state index in [1.807, 2.05) is 0 Å². The third kappa shape index (κ3) is 5.98. The summed E-state index contributed by atoms with van der Waals surface area (Å²) >= 11 is 0. The fourth-order valence-corrected chi connectivity index (χ4v) is 6.02. The van der Waals surface area contributed by atoms with Crippen LogP contribution >= 0.6 is 0 Å². The number of nitrogens with two attached hydrogens (primary N) is 1. The maximum absolute atomic E-state index is 14.1. The van der Waals surface area contributed by atoms with Crippen molar-refractivity contribution in [3.8, 4) is 0 Å². The third-order valence-corrected chi connectivity index (χ3v) is 7.57. The first-order valence-electron chi connectivity index (χ1n) is 13.0. The number of halogens is 1. The Balaban J connectivity index is 0.000000556.